The Balaban J connectivity index is 1.88. The smallest absolute Gasteiger partial charge is 0.295 e. The summed E-state index contributed by atoms with van der Waals surface area (Å²) in [7, 11) is -0.576. The van der Waals surface area contributed by atoms with Crippen molar-refractivity contribution in [1.82, 2.24) is 13.9 Å². The van der Waals surface area contributed by atoms with Gasteiger partial charge in [-0.3, -0.25) is 9.13 Å². The highest BCUT2D eigenvalue weighted by molar-refractivity contribution is 7.89. The molecule has 0 fully saturated rings. The molecule has 0 amide bonds. The second kappa shape index (κ2) is 6.69. The first-order valence-corrected chi connectivity index (χ1v) is 9.60. The molecule has 138 valence electrons. The number of halogens is 1. The lowest BCUT2D eigenvalue weighted by Gasteiger charge is -2.15. The predicted molar refractivity (Wildman–Crippen MR) is 98.0 cm³/mol. The van der Waals surface area contributed by atoms with Gasteiger partial charge in [0.15, 0.2) is 0 Å². The van der Waals surface area contributed by atoms with Crippen LogP contribution in [0.3, 0.4) is 0 Å². The third kappa shape index (κ3) is 3.30. The van der Waals surface area contributed by atoms with E-state index in [1.807, 2.05) is 0 Å². The summed E-state index contributed by atoms with van der Waals surface area (Å²) in [6.45, 7) is 1.68. The van der Waals surface area contributed by atoms with E-state index in [0.717, 1.165) is 0 Å². The molecule has 8 heteroatoms. The van der Waals surface area contributed by atoms with E-state index in [0.29, 0.717) is 16.6 Å². The van der Waals surface area contributed by atoms with E-state index in [1.54, 1.807) is 45.3 Å². The van der Waals surface area contributed by atoms with Crippen LogP contribution < -0.4 is 10.4 Å². The maximum atomic E-state index is 13.8. The Labute approximate surface area is 150 Å². The first kappa shape index (κ1) is 18.3. The van der Waals surface area contributed by atoms with Gasteiger partial charge in [-0.1, -0.05) is 18.2 Å². The zero-order valence-corrected chi connectivity index (χ0v) is 15.5. The summed E-state index contributed by atoms with van der Waals surface area (Å²) in [5.41, 5.74) is 1.40. The highest BCUT2D eigenvalue weighted by Gasteiger charge is 2.20. The van der Waals surface area contributed by atoms with Crippen molar-refractivity contribution in [1.29, 1.82) is 0 Å². The van der Waals surface area contributed by atoms with Gasteiger partial charge in [-0.05, 0) is 43.2 Å². The molecule has 1 N–H and O–H groups in total. The van der Waals surface area contributed by atoms with Crippen LogP contribution in [0.5, 0.6) is 0 Å². The van der Waals surface area contributed by atoms with Gasteiger partial charge >= 0.3 is 5.69 Å². The zero-order valence-electron chi connectivity index (χ0n) is 14.7. The first-order valence-electron chi connectivity index (χ1n) is 8.12. The van der Waals surface area contributed by atoms with Crippen molar-refractivity contribution < 1.29 is 12.8 Å². The SMILES string of the molecule is CC(Cc1ccccc1F)NS(=O)(=O)c1ccc2c(c1)n(C)c(=O)n2C. The fraction of sp³-hybridized carbons (Fsp3) is 0.278. The van der Waals surface area contributed by atoms with Crippen LogP contribution >= 0.6 is 0 Å². The number of benzene rings is 2. The predicted octanol–water partition coefficient (Wildman–Crippen LogP) is 1.93. The van der Waals surface area contributed by atoms with Crippen molar-refractivity contribution in [3.05, 3.63) is 64.3 Å². The van der Waals surface area contributed by atoms with E-state index in [2.05, 4.69) is 4.72 Å². The number of hydrogen-bond donors (Lipinski definition) is 1. The molecule has 0 radical (unpaired) electrons. The minimum Gasteiger partial charge on any atom is -0.295 e. The number of imidazole rings is 1. The standard InChI is InChI=1S/C18H20FN3O3S/c1-12(10-13-6-4-5-7-15(13)19)20-26(24,25)14-8-9-16-17(11-14)22(3)18(23)21(16)2/h4-9,11-12,20H,10H2,1-3H3. The molecule has 0 aliphatic rings. The molecule has 3 aromatic rings. The average Bonchev–Trinajstić information content (AvgIpc) is 2.81. The van der Waals surface area contributed by atoms with Crippen molar-refractivity contribution in [3.8, 4) is 0 Å². The lowest BCUT2D eigenvalue weighted by molar-refractivity contribution is 0.549. The number of rotatable bonds is 5. The Morgan fingerprint density at radius 2 is 1.73 bits per heavy atom. The molecule has 1 atom stereocenters. The number of nitrogens with one attached hydrogen (secondary N) is 1. The molecular weight excluding hydrogens is 357 g/mol. The molecule has 0 aliphatic carbocycles. The molecular formula is C18H20FN3O3S. The molecule has 0 saturated carbocycles. The summed E-state index contributed by atoms with van der Waals surface area (Å²) in [4.78, 5) is 12.0. The zero-order chi connectivity index (χ0) is 19.1. The Hall–Kier alpha value is -2.45. The van der Waals surface area contributed by atoms with Gasteiger partial charge in [0.1, 0.15) is 5.82 Å². The Morgan fingerprint density at radius 1 is 1.08 bits per heavy atom. The molecule has 26 heavy (non-hydrogen) atoms. The molecule has 6 nitrogen and oxygen atoms in total. The number of fused-ring (bicyclic) bond motifs is 1. The van der Waals surface area contributed by atoms with Gasteiger partial charge < -0.3 is 0 Å². The highest BCUT2D eigenvalue weighted by atomic mass is 32.2. The summed E-state index contributed by atoms with van der Waals surface area (Å²) in [5.74, 6) is -0.362. The molecule has 1 heterocycles. The van der Waals surface area contributed by atoms with E-state index in [-0.39, 0.29) is 22.8 Å². The molecule has 0 bridgehead atoms. The summed E-state index contributed by atoms with van der Waals surface area (Å²) < 4.78 is 44.5. The topological polar surface area (TPSA) is 73.1 Å². The Bertz CT molecular complexity index is 1130. The molecule has 1 unspecified atom stereocenters. The van der Waals surface area contributed by atoms with Crippen LogP contribution in [0.15, 0.2) is 52.2 Å². The van der Waals surface area contributed by atoms with Crippen LogP contribution in [0.2, 0.25) is 0 Å². The van der Waals surface area contributed by atoms with E-state index >= 15 is 0 Å². The van der Waals surface area contributed by atoms with E-state index in [4.69, 9.17) is 0 Å². The monoisotopic (exact) mass is 377 g/mol. The van der Waals surface area contributed by atoms with Gasteiger partial charge in [0.25, 0.3) is 0 Å². The van der Waals surface area contributed by atoms with Crippen LogP contribution in [0.25, 0.3) is 11.0 Å². The van der Waals surface area contributed by atoms with Gasteiger partial charge in [-0.25, -0.2) is 22.3 Å². The minimum atomic E-state index is -3.80. The Morgan fingerprint density at radius 3 is 2.42 bits per heavy atom. The number of aryl methyl sites for hydroxylation is 2. The molecule has 0 spiro atoms. The van der Waals surface area contributed by atoms with E-state index in [9.17, 15) is 17.6 Å². The maximum Gasteiger partial charge on any atom is 0.328 e. The number of aromatic nitrogens is 2. The van der Waals surface area contributed by atoms with Crippen LogP contribution in [0.1, 0.15) is 12.5 Å². The largest absolute Gasteiger partial charge is 0.328 e. The summed E-state index contributed by atoms with van der Waals surface area (Å²) in [6.07, 6.45) is 0.234. The van der Waals surface area contributed by atoms with Crippen LogP contribution in [-0.2, 0) is 30.5 Å². The third-order valence-electron chi connectivity index (χ3n) is 4.39. The fourth-order valence-electron chi connectivity index (χ4n) is 3.02. The first-order chi connectivity index (χ1) is 12.2. The van der Waals surface area contributed by atoms with Crippen LogP contribution in [-0.4, -0.2) is 23.6 Å². The van der Waals surface area contributed by atoms with Gasteiger partial charge in [0.2, 0.25) is 10.0 Å². The van der Waals surface area contributed by atoms with E-state index in [1.165, 1.54) is 27.3 Å². The summed E-state index contributed by atoms with van der Waals surface area (Å²) >= 11 is 0. The summed E-state index contributed by atoms with van der Waals surface area (Å²) in [6, 6.07) is 10.3. The van der Waals surface area contributed by atoms with Crippen molar-refractivity contribution >= 4 is 21.1 Å². The number of sulfonamides is 1. The molecule has 3 rings (SSSR count). The van der Waals surface area contributed by atoms with Gasteiger partial charge in [-0.15, -0.1) is 0 Å². The Kier molecular flexibility index (Phi) is 4.72. The van der Waals surface area contributed by atoms with Gasteiger partial charge in [0, 0.05) is 20.1 Å². The minimum absolute atomic E-state index is 0.0617. The van der Waals surface area contributed by atoms with Gasteiger partial charge in [-0.2, -0.15) is 0 Å². The van der Waals surface area contributed by atoms with Gasteiger partial charge in [0.05, 0.1) is 15.9 Å². The normalized spacial score (nSPS) is 13.2. The second-order valence-electron chi connectivity index (χ2n) is 6.37. The number of hydrogen-bond acceptors (Lipinski definition) is 3. The van der Waals surface area contributed by atoms with Crippen molar-refractivity contribution in [2.75, 3.05) is 0 Å². The average molecular weight is 377 g/mol. The lowest BCUT2D eigenvalue weighted by atomic mass is 10.1. The summed E-state index contributed by atoms with van der Waals surface area (Å²) in [5, 5.41) is 0. The van der Waals surface area contributed by atoms with Crippen molar-refractivity contribution in [2.24, 2.45) is 14.1 Å². The maximum absolute atomic E-state index is 13.8. The van der Waals surface area contributed by atoms with Crippen LogP contribution in [0.4, 0.5) is 4.39 Å². The molecule has 2 aromatic carbocycles. The highest BCUT2D eigenvalue weighted by Crippen LogP contribution is 2.18. The van der Waals surface area contributed by atoms with Crippen molar-refractivity contribution in [2.45, 2.75) is 24.3 Å². The molecule has 0 aliphatic heterocycles. The third-order valence-corrected chi connectivity index (χ3v) is 5.98. The lowest BCUT2D eigenvalue weighted by Crippen LogP contribution is -2.34. The quantitative estimate of drug-likeness (QED) is 0.738. The van der Waals surface area contributed by atoms with Crippen molar-refractivity contribution in [3.63, 3.8) is 0 Å². The van der Waals surface area contributed by atoms with Crippen LogP contribution in [0, 0.1) is 5.82 Å². The van der Waals surface area contributed by atoms with E-state index < -0.39 is 16.1 Å². The number of nitrogens with zero attached hydrogens (tertiary/aromatic N) is 2. The molecule has 0 saturated heterocycles. The molecule has 1 aromatic heterocycles. The fourth-order valence-corrected chi connectivity index (χ4v) is 4.29. The second-order valence-corrected chi connectivity index (χ2v) is 8.08.